The second-order valence-corrected chi connectivity index (χ2v) is 5.79. The van der Waals surface area contributed by atoms with Crippen molar-refractivity contribution >= 4 is 17.7 Å². The van der Waals surface area contributed by atoms with Crippen LogP contribution in [0.15, 0.2) is 24.8 Å². The summed E-state index contributed by atoms with van der Waals surface area (Å²) in [6.07, 6.45) is 9.57. The Morgan fingerprint density at radius 2 is 2.17 bits per heavy atom. The number of nitrogens with one attached hydrogen (secondary N) is 2. The minimum Gasteiger partial charge on any atom is -0.355 e. The molecule has 0 unspecified atom stereocenters. The number of rotatable bonds is 5. The monoisotopic (exact) mass is 330 g/mol. The Labute approximate surface area is 140 Å². The molecule has 3 heterocycles. The van der Waals surface area contributed by atoms with E-state index in [1.54, 1.807) is 29.5 Å². The molecule has 9 heteroatoms. The second kappa shape index (κ2) is 7.71. The molecule has 1 fully saturated rings. The Bertz CT molecular complexity index is 651. The van der Waals surface area contributed by atoms with Crippen molar-refractivity contribution < 1.29 is 4.79 Å². The summed E-state index contributed by atoms with van der Waals surface area (Å²) in [6, 6.07) is -0.0971. The third-order valence-corrected chi connectivity index (χ3v) is 3.94. The Morgan fingerprint density at radius 3 is 2.88 bits per heavy atom. The Hall–Kier alpha value is -2.71. The minimum absolute atomic E-state index is 0.142. The molecular formula is C15H22N8O. The molecule has 2 amide bonds. The lowest BCUT2D eigenvalue weighted by atomic mass is 10.1. The molecule has 0 spiro atoms. The zero-order chi connectivity index (χ0) is 16.8. The summed E-state index contributed by atoms with van der Waals surface area (Å²) in [5.74, 6) is 1.35. The summed E-state index contributed by atoms with van der Waals surface area (Å²) >= 11 is 0. The summed E-state index contributed by atoms with van der Waals surface area (Å²) in [7, 11) is 0. The van der Waals surface area contributed by atoms with Gasteiger partial charge in [-0.05, 0) is 19.3 Å². The maximum Gasteiger partial charge on any atom is 0.320 e. The molecule has 0 aromatic carbocycles. The lowest BCUT2D eigenvalue weighted by molar-refractivity contribution is 0.246. The molecule has 128 valence electrons. The van der Waals surface area contributed by atoms with Crippen LogP contribution in [0.5, 0.6) is 0 Å². The van der Waals surface area contributed by atoms with Gasteiger partial charge in [0.25, 0.3) is 0 Å². The number of anilines is 2. The first-order chi connectivity index (χ1) is 11.7. The fourth-order valence-corrected chi connectivity index (χ4v) is 2.74. The van der Waals surface area contributed by atoms with E-state index in [9.17, 15) is 4.79 Å². The van der Waals surface area contributed by atoms with E-state index in [2.05, 4.69) is 42.7 Å². The van der Waals surface area contributed by atoms with Crippen LogP contribution in [-0.4, -0.2) is 50.1 Å². The van der Waals surface area contributed by atoms with E-state index in [0.29, 0.717) is 5.82 Å². The molecule has 0 bridgehead atoms. The van der Waals surface area contributed by atoms with E-state index in [-0.39, 0.29) is 12.1 Å². The van der Waals surface area contributed by atoms with Crippen LogP contribution in [0.25, 0.3) is 0 Å². The van der Waals surface area contributed by atoms with Crippen LogP contribution < -0.4 is 15.5 Å². The van der Waals surface area contributed by atoms with Gasteiger partial charge in [0, 0.05) is 38.1 Å². The van der Waals surface area contributed by atoms with Gasteiger partial charge < -0.3 is 10.2 Å². The van der Waals surface area contributed by atoms with Crippen LogP contribution in [0.2, 0.25) is 0 Å². The Kier molecular flexibility index (Phi) is 5.19. The largest absolute Gasteiger partial charge is 0.355 e. The van der Waals surface area contributed by atoms with Crippen molar-refractivity contribution in [3.63, 3.8) is 0 Å². The van der Waals surface area contributed by atoms with E-state index in [4.69, 9.17) is 0 Å². The topological polar surface area (TPSA) is 101 Å². The first-order valence-corrected chi connectivity index (χ1v) is 8.23. The molecule has 0 saturated carbocycles. The van der Waals surface area contributed by atoms with Crippen LogP contribution >= 0.6 is 0 Å². The van der Waals surface area contributed by atoms with Gasteiger partial charge in [0.15, 0.2) is 5.82 Å². The average Bonchev–Trinajstić information content (AvgIpc) is 3.03. The summed E-state index contributed by atoms with van der Waals surface area (Å²) in [4.78, 5) is 22.6. The molecule has 9 nitrogen and oxygen atoms in total. The molecule has 1 aliphatic heterocycles. The third kappa shape index (κ3) is 4.18. The summed E-state index contributed by atoms with van der Waals surface area (Å²) in [5.41, 5.74) is 0. The maximum atomic E-state index is 12.1. The molecular weight excluding hydrogens is 308 g/mol. The normalized spacial score (nSPS) is 15.3. The quantitative estimate of drug-likeness (QED) is 0.856. The van der Waals surface area contributed by atoms with Crippen LogP contribution in [-0.2, 0) is 6.54 Å². The van der Waals surface area contributed by atoms with Crippen molar-refractivity contribution in [3.05, 3.63) is 24.8 Å². The van der Waals surface area contributed by atoms with E-state index < -0.39 is 0 Å². The van der Waals surface area contributed by atoms with Crippen LogP contribution in [0.1, 0.15) is 26.2 Å². The molecule has 0 atom stereocenters. The number of aromatic nitrogens is 5. The average molecular weight is 330 g/mol. The van der Waals surface area contributed by atoms with E-state index in [1.807, 2.05) is 0 Å². The highest BCUT2D eigenvalue weighted by Crippen LogP contribution is 2.16. The zero-order valence-corrected chi connectivity index (χ0v) is 13.7. The predicted molar refractivity (Wildman–Crippen MR) is 89.7 cm³/mol. The number of carbonyl (C=O) groups excluding carboxylic acids is 1. The molecule has 0 radical (unpaired) electrons. The summed E-state index contributed by atoms with van der Waals surface area (Å²) < 4.78 is 1.72. The lowest BCUT2D eigenvalue weighted by Gasteiger charge is -2.32. The molecule has 2 aromatic rings. The van der Waals surface area contributed by atoms with Crippen molar-refractivity contribution in [1.29, 1.82) is 0 Å². The van der Waals surface area contributed by atoms with Gasteiger partial charge in [-0.25, -0.2) is 9.78 Å². The van der Waals surface area contributed by atoms with Crippen LogP contribution in [0.4, 0.5) is 16.4 Å². The number of hydrogen-bond acceptors (Lipinski definition) is 6. The number of nitrogens with zero attached hydrogens (tertiary/aromatic N) is 6. The molecule has 3 rings (SSSR count). The zero-order valence-electron chi connectivity index (χ0n) is 13.7. The molecule has 1 saturated heterocycles. The second-order valence-electron chi connectivity index (χ2n) is 5.79. The molecule has 24 heavy (non-hydrogen) atoms. The van der Waals surface area contributed by atoms with Gasteiger partial charge in [-0.3, -0.25) is 15.0 Å². The van der Waals surface area contributed by atoms with Gasteiger partial charge in [0.05, 0.1) is 12.4 Å². The number of carbonyl (C=O) groups is 1. The van der Waals surface area contributed by atoms with Crippen LogP contribution in [0.3, 0.4) is 0 Å². The smallest absolute Gasteiger partial charge is 0.320 e. The van der Waals surface area contributed by atoms with Crippen molar-refractivity contribution in [2.24, 2.45) is 0 Å². The molecule has 0 aliphatic carbocycles. The van der Waals surface area contributed by atoms with Gasteiger partial charge in [-0.1, -0.05) is 12.1 Å². The third-order valence-electron chi connectivity index (χ3n) is 3.94. The number of hydrogen-bond donors (Lipinski definition) is 2. The predicted octanol–water partition coefficient (Wildman–Crippen LogP) is 1.27. The van der Waals surface area contributed by atoms with Gasteiger partial charge in [-0.15, -0.1) is 5.10 Å². The first kappa shape index (κ1) is 16.2. The van der Waals surface area contributed by atoms with Gasteiger partial charge in [0.2, 0.25) is 0 Å². The van der Waals surface area contributed by atoms with Crippen molar-refractivity contribution in [1.82, 2.24) is 30.3 Å². The van der Waals surface area contributed by atoms with E-state index >= 15 is 0 Å². The lowest BCUT2D eigenvalue weighted by Crippen LogP contribution is -2.46. The SMILES string of the molecule is CCCn1cc(NC(=O)NC2CCN(c3cnccn3)CC2)nn1. The number of urea groups is 1. The Balaban J connectivity index is 1.44. The highest BCUT2D eigenvalue weighted by Gasteiger charge is 2.21. The highest BCUT2D eigenvalue weighted by atomic mass is 16.2. The van der Waals surface area contributed by atoms with Gasteiger partial charge in [0.1, 0.15) is 5.82 Å². The molecule has 2 aromatic heterocycles. The van der Waals surface area contributed by atoms with E-state index in [0.717, 1.165) is 44.7 Å². The van der Waals surface area contributed by atoms with Gasteiger partial charge in [-0.2, -0.15) is 0 Å². The maximum absolute atomic E-state index is 12.1. The molecule has 2 N–H and O–H groups in total. The van der Waals surface area contributed by atoms with Crippen molar-refractivity contribution in [2.75, 3.05) is 23.3 Å². The highest BCUT2D eigenvalue weighted by molar-refractivity contribution is 5.88. The summed E-state index contributed by atoms with van der Waals surface area (Å²) in [5, 5.41) is 13.6. The minimum atomic E-state index is -0.239. The van der Waals surface area contributed by atoms with Crippen molar-refractivity contribution in [3.8, 4) is 0 Å². The molecule has 1 aliphatic rings. The number of aryl methyl sites for hydroxylation is 1. The van der Waals surface area contributed by atoms with E-state index in [1.165, 1.54) is 0 Å². The van der Waals surface area contributed by atoms with Gasteiger partial charge >= 0.3 is 6.03 Å². The fraction of sp³-hybridized carbons (Fsp3) is 0.533. The van der Waals surface area contributed by atoms with Crippen LogP contribution in [0, 0.1) is 0 Å². The Morgan fingerprint density at radius 1 is 1.33 bits per heavy atom. The van der Waals surface area contributed by atoms with Crippen molar-refractivity contribution in [2.45, 2.75) is 38.8 Å². The summed E-state index contributed by atoms with van der Waals surface area (Å²) in [6.45, 7) is 4.54. The standard InChI is InChI=1S/C15H22N8O/c1-2-7-23-11-13(20-21-23)19-15(24)18-12-3-8-22(9-4-12)14-10-16-5-6-17-14/h5-6,10-12H,2-4,7-9H2,1H3,(H2,18,19,24). The first-order valence-electron chi connectivity index (χ1n) is 8.23. The number of piperidine rings is 1. The number of amides is 2. The fourth-order valence-electron chi connectivity index (χ4n) is 2.74.